The smallest absolute Gasteiger partial charge is 0.00132 e. The molecule has 0 heterocycles. The molecule has 0 nitrogen and oxygen atoms in total. The maximum Gasteiger partial charge on any atom is -0.00132 e. The molecule has 2 aromatic rings. The molecular formula is C31H32. The molecule has 5 rings (SSSR count). The van der Waals surface area contributed by atoms with Crippen molar-refractivity contribution in [3.8, 4) is 11.1 Å². The first-order valence-corrected chi connectivity index (χ1v) is 11.8. The summed E-state index contributed by atoms with van der Waals surface area (Å²) >= 11 is 0. The quantitative estimate of drug-likeness (QED) is 0.470. The zero-order valence-corrected chi connectivity index (χ0v) is 19.0. The van der Waals surface area contributed by atoms with Crippen LogP contribution < -0.4 is 0 Å². The number of rotatable bonds is 5. The van der Waals surface area contributed by atoms with E-state index in [4.69, 9.17) is 0 Å². The van der Waals surface area contributed by atoms with Crippen molar-refractivity contribution in [1.29, 1.82) is 0 Å². The van der Waals surface area contributed by atoms with Crippen molar-refractivity contribution in [2.75, 3.05) is 0 Å². The molecule has 0 saturated heterocycles. The Balaban J connectivity index is 1.71. The van der Waals surface area contributed by atoms with Crippen LogP contribution in [0.15, 0.2) is 72.9 Å². The highest BCUT2D eigenvalue weighted by molar-refractivity contribution is 5.98. The molecular weight excluding hydrogens is 372 g/mol. The summed E-state index contributed by atoms with van der Waals surface area (Å²) in [4.78, 5) is 0. The second-order valence-corrected chi connectivity index (χ2v) is 9.37. The Hall–Kier alpha value is -2.86. The molecule has 0 bridgehead atoms. The average Bonchev–Trinajstić information content (AvgIpc) is 3.48. The molecule has 0 fully saturated rings. The van der Waals surface area contributed by atoms with Crippen LogP contribution in [0.5, 0.6) is 0 Å². The number of allylic oxidation sites excluding steroid dienone is 8. The lowest BCUT2D eigenvalue weighted by Crippen LogP contribution is -2.00. The first-order chi connectivity index (χ1) is 15.1. The Morgan fingerprint density at radius 2 is 1.90 bits per heavy atom. The normalized spacial score (nSPS) is 17.9. The minimum absolute atomic E-state index is 0.977. The summed E-state index contributed by atoms with van der Waals surface area (Å²) in [6.45, 7) is 13.6. The molecule has 0 aromatic heterocycles. The first-order valence-electron chi connectivity index (χ1n) is 11.8. The summed E-state index contributed by atoms with van der Waals surface area (Å²) in [6.07, 6.45) is 16.8. The van der Waals surface area contributed by atoms with Crippen molar-refractivity contribution in [1.82, 2.24) is 0 Å². The van der Waals surface area contributed by atoms with Gasteiger partial charge in [-0.05, 0) is 112 Å². The van der Waals surface area contributed by atoms with Gasteiger partial charge >= 0.3 is 0 Å². The van der Waals surface area contributed by atoms with E-state index in [1.807, 2.05) is 0 Å². The van der Waals surface area contributed by atoms with Crippen LogP contribution in [0.4, 0.5) is 0 Å². The van der Waals surface area contributed by atoms with Gasteiger partial charge in [-0.1, -0.05) is 75.1 Å². The van der Waals surface area contributed by atoms with Gasteiger partial charge in [-0.25, -0.2) is 0 Å². The predicted octanol–water partition coefficient (Wildman–Crippen LogP) is 8.35. The lowest BCUT2D eigenvalue weighted by atomic mass is 9.83. The molecule has 0 heteroatoms. The molecule has 0 saturated carbocycles. The van der Waals surface area contributed by atoms with Crippen molar-refractivity contribution in [3.63, 3.8) is 0 Å². The van der Waals surface area contributed by atoms with Crippen molar-refractivity contribution in [2.45, 2.75) is 58.8 Å². The van der Waals surface area contributed by atoms with Crippen LogP contribution in [0.2, 0.25) is 0 Å². The van der Waals surface area contributed by atoms with E-state index in [1.165, 1.54) is 86.1 Å². The number of hydrogen-bond donors (Lipinski definition) is 0. The molecule has 0 atom stereocenters. The fraction of sp³-hybridized carbons (Fsp3) is 0.290. The molecule has 0 aliphatic heterocycles. The van der Waals surface area contributed by atoms with Crippen LogP contribution in [0.1, 0.15) is 66.0 Å². The summed E-state index contributed by atoms with van der Waals surface area (Å²) in [5, 5.41) is 0. The highest BCUT2D eigenvalue weighted by atomic mass is 14.3. The Bertz CT molecular complexity index is 1190. The standard InChI is InChI=1S/C31H32/c1-5-9-20(2)29-21(3)16-28-19-27(17-23-10-6-7-11-23)22(4)30(28)31(29)26-15-14-24-12-8-13-25(24)18-26/h6-7,10,14-18H,2,4-5,8-9,11-13,19H2,1,3H3. The fourth-order valence-electron chi connectivity index (χ4n) is 5.68. The van der Waals surface area contributed by atoms with Gasteiger partial charge in [0.05, 0.1) is 0 Å². The lowest BCUT2D eigenvalue weighted by Gasteiger charge is -2.21. The minimum atomic E-state index is 0.977. The topological polar surface area (TPSA) is 0 Å². The summed E-state index contributed by atoms with van der Waals surface area (Å²) < 4.78 is 0. The molecule has 0 radical (unpaired) electrons. The summed E-state index contributed by atoms with van der Waals surface area (Å²) in [6, 6.07) is 9.57. The van der Waals surface area contributed by atoms with Crippen LogP contribution in [-0.4, -0.2) is 0 Å². The Morgan fingerprint density at radius 1 is 1.06 bits per heavy atom. The van der Waals surface area contributed by atoms with Crippen LogP contribution in [-0.2, 0) is 19.3 Å². The van der Waals surface area contributed by atoms with Gasteiger partial charge in [0.2, 0.25) is 0 Å². The third kappa shape index (κ3) is 3.49. The summed E-state index contributed by atoms with van der Waals surface area (Å²) in [7, 11) is 0. The maximum atomic E-state index is 4.61. The summed E-state index contributed by atoms with van der Waals surface area (Å²) in [5.41, 5.74) is 16.5. The first kappa shape index (κ1) is 20.1. The van der Waals surface area contributed by atoms with Crippen LogP contribution in [0, 0.1) is 6.92 Å². The van der Waals surface area contributed by atoms with Gasteiger partial charge in [0.15, 0.2) is 0 Å². The second kappa shape index (κ2) is 8.00. The van der Waals surface area contributed by atoms with E-state index in [0.717, 1.165) is 25.7 Å². The van der Waals surface area contributed by atoms with Crippen LogP contribution >= 0.6 is 0 Å². The molecule has 3 aliphatic rings. The van der Waals surface area contributed by atoms with Gasteiger partial charge in [0, 0.05) is 0 Å². The van der Waals surface area contributed by atoms with Gasteiger partial charge in [0.1, 0.15) is 0 Å². The van der Waals surface area contributed by atoms with E-state index in [2.05, 4.69) is 75.6 Å². The predicted molar refractivity (Wildman–Crippen MR) is 135 cm³/mol. The molecule has 31 heavy (non-hydrogen) atoms. The minimum Gasteiger partial charge on any atom is -0.0952 e. The van der Waals surface area contributed by atoms with Crippen molar-refractivity contribution >= 4 is 11.1 Å². The molecule has 3 aliphatic carbocycles. The average molecular weight is 405 g/mol. The largest absolute Gasteiger partial charge is 0.0952 e. The van der Waals surface area contributed by atoms with E-state index >= 15 is 0 Å². The van der Waals surface area contributed by atoms with Gasteiger partial charge in [-0.3, -0.25) is 0 Å². The van der Waals surface area contributed by atoms with Gasteiger partial charge in [-0.2, -0.15) is 0 Å². The van der Waals surface area contributed by atoms with Gasteiger partial charge < -0.3 is 0 Å². The highest BCUT2D eigenvalue weighted by Crippen LogP contribution is 2.47. The van der Waals surface area contributed by atoms with E-state index < -0.39 is 0 Å². The Labute approximate surface area is 187 Å². The van der Waals surface area contributed by atoms with Gasteiger partial charge in [-0.15, -0.1) is 0 Å². The van der Waals surface area contributed by atoms with Crippen molar-refractivity contribution in [2.24, 2.45) is 0 Å². The SMILES string of the molecule is C=C(CCC)c1c(C)cc2c(c1-c1ccc3c(c1)CCC3)C(=C)C(=CC1=CC=CC1)C2. The van der Waals surface area contributed by atoms with E-state index in [9.17, 15) is 0 Å². The zero-order chi connectivity index (χ0) is 21.5. The van der Waals surface area contributed by atoms with E-state index in [-0.39, 0.29) is 0 Å². The fourth-order valence-corrected chi connectivity index (χ4v) is 5.68. The molecule has 0 unspecified atom stereocenters. The van der Waals surface area contributed by atoms with E-state index in [1.54, 1.807) is 0 Å². The van der Waals surface area contributed by atoms with Crippen molar-refractivity contribution in [3.05, 3.63) is 106 Å². The Kier molecular flexibility index (Phi) is 5.18. The third-order valence-corrected chi connectivity index (χ3v) is 7.13. The second-order valence-electron chi connectivity index (χ2n) is 9.37. The van der Waals surface area contributed by atoms with Gasteiger partial charge in [0.25, 0.3) is 0 Å². The van der Waals surface area contributed by atoms with E-state index in [0.29, 0.717) is 0 Å². The molecule has 0 N–H and O–H groups in total. The number of hydrogen-bond acceptors (Lipinski definition) is 0. The molecule has 2 aromatic carbocycles. The Morgan fingerprint density at radius 3 is 2.68 bits per heavy atom. The highest BCUT2D eigenvalue weighted by Gasteiger charge is 2.28. The number of fused-ring (bicyclic) bond motifs is 2. The maximum absolute atomic E-state index is 4.61. The lowest BCUT2D eigenvalue weighted by molar-refractivity contribution is 0.912. The third-order valence-electron chi connectivity index (χ3n) is 7.13. The monoisotopic (exact) mass is 404 g/mol. The zero-order valence-electron chi connectivity index (χ0n) is 19.0. The number of benzene rings is 2. The molecule has 0 spiro atoms. The summed E-state index contributed by atoms with van der Waals surface area (Å²) in [5.74, 6) is 0. The number of aryl methyl sites for hydroxylation is 3. The molecule has 0 amide bonds. The van der Waals surface area contributed by atoms with Crippen LogP contribution in [0.3, 0.4) is 0 Å². The van der Waals surface area contributed by atoms with Crippen LogP contribution in [0.25, 0.3) is 22.3 Å². The molecule has 156 valence electrons. The van der Waals surface area contributed by atoms with Crippen molar-refractivity contribution < 1.29 is 0 Å².